The third-order valence-corrected chi connectivity index (χ3v) is 3.39. The van der Waals surface area contributed by atoms with E-state index in [0.29, 0.717) is 6.42 Å². The van der Waals surface area contributed by atoms with Crippen molar-refractivity contribution in [1.82, 2.24) is 5.32 Å². The SMILES string of the molecule is CC(=O)NCC(O)C1Cc2ccccc2N1C(=O)Cl. The van der Waals surface area contributed by atoms with E-state index in [9.17, 15) is 14.7 Å². The van der Waals surface area contributed by atoms with Crippen LogP contribution < -0.4 is 10.2 Å². The van der Waals surface area contributed by atoms with Gasteiger partial charge in [0.15, 0.2) is 0 Å². The van der Waals surface area contributed by atoms with E-state index in [4.69, 9.17) is 11.6 Å². The molecule has 0 radical (unpaired) electrons. The Morgan fingerprint density at radius 2 is 2.21 bits per heavy atom. The molecule has 0 bridgehead atoms. The maximum atomic E-state index is 11.6. The summed E-state index contributed by atoms with van der Waals surface area (Å²) in [6.07, 6.45) is -0.339. The highest BCUT2D eigenvalue weighted by Gasteiger charge is 2.37. The number of amides is 2. The number of fused-ring (bicyclic) bond motifs is 1. The Morgan fingerprint density at radius 1 is 1.53 bits per heavy atom. The molecule has 0 fully saturated rings. The first-order valence-electron chi connectivity index (χ1n) is 6.00. The van der Waals surface area contributed by atoms with E-state index in [1.807, 2.05) is 18.2 Å². The van der Waals surface area contributed by atoms with Gasteiger partial charge in [0.2, 0.25) is 5.91 Å². The molecule has 0 saturated carbocycles. The van der Waals surface area contributed by atoms with Crippen LogP contribution in [0.15, 0.2) is 24.3 Å². The molecular formula is C13H15ClN2O3. The van der Waals surface area contributed by atoms with Gasteiger partial charge < -0.3 is 10.4 Å². The molecule has 2 N–H and O–H groups in total. The summed E-state index contributed by atoms with van der Waals surface area (Å²) in [5.74, 6) is -0.224. The standard InChI is InChI=1S/C13H15ClN2O3/c1-8(17)15-7-12(18)11-6-9-4-2-3-5-10(9)16(11)13(14)19/h2-5,11-12,18H,6-7H2,1H3,(H,15,17). The van der Waals surface area contributed by atoms with Crippen LogP contribution in [0.2, 0.25) is 0 Å². The predicted octanol–water partition coefficient (Wildman–Crippen LogP) is 1.27. The fraction of sp³-hybridized carbons (Fsp3) is 0.385. The zero-order valence-electron chi connectivity index (χ0n) is 10.5. The van der Waals surface area contributed by atoms with Crippen LogP contribution >= 0.6 is 11.6 Å². The van der Waals surface area contributed by atoms with Gasteiger partial charge >= 0.3 is 5.37 Å². The summed E-state index contributed by atoms with van der Waals surface area (Å²) >= 11 is 5.60. The Hall–Kier alpha value is -1.59. The number of benzene rings is 1. The van der Waals surface area contributed by atoms with Crippen molar-refractivity contribution < 1.29 is 14.7 Å². The number of rotatable bonds is 3. The number of halogens is 1. The number of aliphatic hydroxyl groups is 1. The van der Waals surface area contributed by atoms with Gasteiger partial charge in [-0.25, -0.2) is 0 Å². The fourth-order valence-corrected chi connectivity index (χ4v) is 2.55. The van der Waals surface area contributed by atoms with E-state index in [1.165, 1.54) is 11.8 Å². The second-order valence-electron chi connectivity index (χ2n) is 4.53. The van der Waals surface area contributed by atoms with Crippen molar-refractivity contribution in [2.45, 2.75) is 25.5 Å². The van der Waals surface area contributed by atoms with Crippen molar-refractivity contribution in [3.8, 4) is 0 Å². The molecule has 2 amide bonds. The van der Waals surface area contributed by atoms with E-state index in [1.54, 1.807) is 6.07 Å². The monoisotopic (exact) mass is 282 g/mol. The average Bonchev–Trinajstić information content (AvgIpc) is 2.75. The van der Waals surface area contributed by atoms with Gasteiger partial charge in [0.25, 0.3) is 0 Å². The van der Waals surface area contributed by atoms with Gasteiger partial charge in [-0.2, -0.15) is 0 Å². The summed E-state index contributed by atoms with van der Waals surface area (Å²) in [6, 6.07) is 6.93. The quantitative estimate of drug-likeness (QED) is 0.648. The molecule has 2 rings (SSSR count). The van der Waals surface area contributed by atoms with Crippen LogP contribution in [-0.2, 0) is 11.2 Å². The number of anilines is 1. The largest absolute Gasteiger partial charge is 0.389 e. The van der Waals surface area contributed by atoms with Crippen molar-refractivity contribution in [3.05, 3.63) is 29.8 Å². The number of nitrogens with zero attached hydrogens (tertiary/aromatic N) is 1. The minimum Gasteiger partial charge on any atom is -0.389 e. The van der Waals surface area contributed by atoms with Crippen molar-refractivity contribution in [2.75, 3.05) is 11.4 Å². The summed E-state index contributed by atoms with van der Waals surface area (Å²) in [5, 5.41) is 12.0. The van der Waals surface area contributed by atoms with Crippen molar-refractivity contribution in [3.63, 3.8) is 0 Å². The highest BCUT2D eigenvalue weighted by atomic mass is 35.5. The number of aliphatic hydroxyl groups excluding tert-OH is 1. The third-order valence-electron chi connectivity index (χ3n) is 3.21. The lowest BCUT2D eigenvalue weighted by Gasteiger charge is -2.27. The van der Waals surface area contributed by atoms with E-state index in [0.717, 1.165) is 11.3 Å². The molecule has 0 spiro atoms. The minimum atomic E-state index is -0.862. The Balaban J connectivity index is 2.18. The molecule has 5 nitrogen and oxygen atoms in total. The second-order valence-corrected chi connectivity index (χ2v) is 4.85. The minimum absolute atomic E-state index is 0.0919. The fourth-order valence-electron chi connectivity index (χ4n) is 2.33. The summed E-state index contributed by atoms with van der Waals surface area (Å²) in [4.78, 5) is 23.8. The zero-order valence-corrected chi connectivity index (χ0v) is 11.2. The molecular weight excluding hydrogens is 268 g/mol. The van der Waals surface area contributed by atoms with Gasteiger partial charge in [0.1, 0.15) is 0 Å². The lowest BCUT2D eigenvalue weighted by molar-refractivity contribution is -0.119. The van der Waals surface area contributed by atoms with Crippen molar-refractivity contribution in [1.29, 1.82) is 0 Å². The number of carbonyl (C=O) groups is 2. The number of carbonyl (C=O) groups excluding carboxylic acids is 2. The molecule has 1 heterocycles. The third kappa shape index (κ3) is 2.88. The zero-order chi connectivity index (χ0) is 14.0. The normalized spacial score (nSPS) is 18.9. The van der Waals surface area contributed by atoms with Gasteiger partial charge in [0.05, 0.1) is 12.1 Å². The lowest BCUT2D eigenvalue weighted by atomic mass is 10.1. The molecule has 19 heavy (non-hydrogen) atoms. The Morgan fingerprint density at radius 3 is 2.84 bits per heavy atom. The number of hydrogen-bond donors (Lipinski definition) is 2. The Labute approximate surface area is 116 Å². The smallest absolute Gasteiger partial charge is 0.321 e. The van der Waals surface area contributed by atoms with Crippen LogP contribution in [0.25, 0.3) is 0 Å². The molecule has 2 atom stereocenters. The summed E-state index contributed by atoms with van der Waals surface area (Å²) in [7, 11) is 0. The molecule has 6 heteroatoms. The van der Waals surface area contributed by atoms with Crippen LogP contribution in [0.4, 0.5) is 10.5 Å². The van der Waals surface area contributed by atoms with Gasteiger partial charge in [-0.1, -0.05) is 18.2 Å². The molecule has 1 aliphatic rings. The molecule has 0 aromatic heterocycles. The van der Waals surface area contributed by atoms with Crippen LogP contribution in [-0.4, -0.2) is 35.1 Å². The molecule has 1 aliphatic heterocycles. The first kappa shape index (κ1) is 13.8. The molecule has 1 aromatic rings. The highest BCUT2D eigenvalue weighted by Crippen LogP contribution is 2.34. The van der Waals surface area contributed by atoms with E-state index < -0.39 is 17.5 Å². The lowest BCUT2D eigenvalue weighted by Crippen LogP contribution is -2.47. The van der Waals surface area contributed by atoms with Crippen molar-refractivity contribution in [2.24, 2.45) is 0 Å². The molecule has 0 aliphatic carbocycles. The number of hydrogen-bond acceptors (Lipinski definition) is 3. The topological polar surface area (TPSA) is 69.6 Å². The predicted molar refractivity (Wildman–Crippen MR) is 72.4 cm³/mol. The summed E-state index contributed by atoms with van der Waals surface area (Å²) in [6.45, 7) is 1.47. The molecule has 102 valence electrons. The van der Waals surface area contributed by atoms with E-state index in [2.05, 4.69) is 5.32 Å². The van der Waals surface area contributed by atoms with Crippen molar-refractivity contribution >= 4 is 28.6 Å². The van der Waals surface area contributed by atoms with Gasteiger partial charge in [-0.15, -0.1) is 0 Å². The molecule has 0 saturated heterocycles. The number of nitrogens with one attached hydrogen (secondary N) is 1. The van der Waals surface area contributed by atoms with Gasteiger partial charge in [-0.3, -0.25) is 14.5 Å². The Kier molecular flexibility index (Phi) is 4.07. The first-order chi connectivity index (χ1) is 9.00. The first-order valence-corrected chi connectivity index (χ1v) is 6.37. The average molecular weight is 283 g/mol. The van der Waals surface area contributed by atoms with Crippen LogP contribution in [0, 0.1) is 0 Å². The summed E-state index contributed by atoms with van der Waals surface area (Å²) in [5.41, 5.74) is 1.68. The molecule has 2 unspecified atom stereocenters. The maximum absolute atomic E-state index is 11.6. The molecule has 1 aromatic carbocycles. The van der Waals surface area contributed by atoms with Crippen LogP contribution in [0.3, 0.4) is 0 Å². The van der Waals surface area contributed by atoms with E-state index >= 15 is 0 Å². The van der Waals surface area contributed by atoms with Crippen LogP contribution in [0.1, 0.15) is 12.5 Å². The van der Waals surface area contributed by atoms with Gasteiger partial charge in [0, 0.05) is 19.2 Å². The van der Waals surface area contributed by atoms with E-state index in [-0.39, 0.29) is 12.5 Å². The second kappa shape index (κ2) is 5.59. The summed E-state index contributed by atoms with van der Waals surface area (Å²) < 4.78 is 0. The maximum Gasteiger partial charge on any atom is 0.321 e. The van der Waals surface area contributed by atoms with Gasteiger partial charge in [-0.05, 0) is 29.7 Å². The Bertz CT molecular complexity index is 506. The number of para-hydroxylation sites is 1. The van der Waals surface area contributed by atoms with Crippen LogP contribution in [0.5, 0.6) is 0 Å². The highest BCUT2D eigenvalue weighted by molar-refractivity contribution is 6.66.